The van der Waals surface area contributed by atoms with Crippen molar-refractivity contribution in [3.63, 3.8) is 0 Å². The maximum absolute atomic E-state index is 14.8. The zero-order chi connectivity index (χ0) is 38.0. The predicted octanol–water partition coefficient (Wildman–Crippen LogP) is 6.47. The van der Waals surface area contributed by atoms with Crippen LogP contribution in [0.3, 0.4) is 0 Å². The van der Waals surface area contributed by atoms with Gasteiger partial charge >= 0.3 is 6.03 Å². The van der Waals surface area contributed by atoms with Gasteiger partial charge < -0.3 is 19.7 Å². The molecule has 1 fully saturated rings. The maximum atomic E-state index is 14.8. The molecule has 2 N–H and O–H groups in total. The molecule has 4 heterocycles. The highest BCUT2D eigenvalue weighted by Crippen LogP contribution is 2.39. The predicted molar refractivity (Wildman–Crippen MR) is 202 cm³/mol. The van der Waals surface area contributed by atoms with Crippen molar-refractivity contribution in [2.75, 3.05) is 42.8 Å². The van der Waals surface area contributed by atoms with Gasteiger partial charge in [0.1, 0.15) is 42.5 Å². The number of anilines is 2. The van der Waals surface area contributed by atoms with Gasteiger partial charge in [-0.1, -0.05) is 45.0 Å². The second kappa shape index (κ2) is 15.3. The van der Waals surface area contributed by atoms with E-state index in [-0.39, 0.29) is 36.5 Å². The Morgan fingerprint density at radius 1 is 0.944 bits per heavy atom. The van der Waals surface area contributed by atoms with Crippen LogP contribution in [0.4, 0.5) is 21.0 Å². The molecule has 0 saturated carbocycles. The molecule has 0 spiro atoms. The van der Waals surface area contributed by atoms with E-state index in [9.17, 15) is 17.6 Å². The minimum absolute atomic E-state index is 0.123. The first-order chi connectivity index (χ1) is 25.8. The number of rotatable bonds is 11. The van der Waals surface area contributed by atoms with Crippen molar-refractivity contribution in [1.82, 2.24) is 29.7 Å². The molecule has 286 valence electrons. The number of nitrogens with one attached hydrogen (secondary N) is 2. The topological polar surface area (TPSA) is 154 Å². The van der Waals surface area contributed by atoms with Crippen LogP contribution in [0.25, 0.3) is 11.3 Å². The van der Waals surface area contributed by atoms with Gasteiger partial charge in [0.15, 0.2) is 5.65 Å². The summed E-state index contributed by atoms with van der Waals surface area (Å²) < 4.78 is 57.8. The van der Waals surface area contributed by atoms with Crippen LogP contribution >= 0.6 is 0 Å². The molecular formula is C38H45FN8O6S. The van der Waals surface area contributed by atoms with E-state index in [0.717, 1.165) is 54.9 Å². The number of halogens is 1. The summed E-state index contributed by atoms with van der Waals surface area (Å²) in [5.41, 5.74) is 3.29. The molecule has 5 aromatic rings. The Hall–Kier alpha value is -5.22. The molecule has 0 bridgehead atoms. The highest BCUT2D eigenvalue weighted by Gasteiger charge is 2.30. The van der Waals surface area contributed by atoms with Crippen LogP contribution in [-0.4, -0.2) is 71.4 Å². The van der Waals surface area contributed by atoms with Crippen LogP contribution in [-0.2, 0) is 19.7 Å². The first kappa shape index (κ1) is 37.1. The number of hydrogen-bond acceptors (Lipinski definition) is 10. The highest BCUT2D eigenvalue weighted by atomic mass is 32.2. The molecule has 2 aromatic carbocycles. The Kier molecular flexibility index (Phi) is 10.5. The third-order valence-electron chi connectivity index (χ3n) is 9.49. The van der Waals surface area contributed by atoms with Crippen LogP contribution < -0.4 is 25.0 Å². The number of ether oxygens (including phenoxy) is 2. The van der Waals surface area contributed by atoms with E-state index in [2.05, 4.69) is 25.7 Å². The molecule has 1 aliphatic heterocycles. The van der Waals surface area contributed by atoms with Crippen molar-refractivity contribution < 1.29 is 31.3 Å². The van der Waals surface area contributed by atoms with Gasteiger partial charge in [-0.05, 0) is 61.4 Å². The first-order valence-corrected chi connectivity index (χ1v) is 19.9. The van der Waals surface area contributed by atoms with Crippen LogP contribution in [0.15, 0.2) is 66.9 Å². The Balaban J connectivity index is 1.07. The summed E-state index contributed by atoms with van der Waals surface area (Å²) in [7, 11) is -3.65. The number of benzene rings is 2. The molecule has 14 nitrogen and oxygen atoms in total. The summed E-state index contributed by atoms with van der Waals surface area (Å²) in [6.07, 6.45) is 7.45. The van der Waals surface area contributed by atoms with E-state index < -0.39 is 22.0 Å². The van der Waals surface area contributed by atoms with E-state index in [1.54, 1.807) is 12.1 Å². The lowest BCUT2D eigenvalue weighted by Crippen LogP contribution is -2.36. The van der Waals surface area contributed by atoms with Crippen molar-refractivity contribution in [1.29, 1.82) is 0 Å². The Labute approximate surface area is 313 Å². The fraction of sp³-hybridized carbons (Fsp3) is 0.421. The fourth-order valence-electron chi connectivity index (χ4n) is 6.87. The number of fused-ring (bicyclic) bond motifs is 2. The van der Waals surface area contributed by atoms with Gasteiger partial charge in [-0.2, -0.15) is 13.5 Å². The van der Waals surface area contributed by atoms with E-state index in [1.807, 2.05) is 67.8 Å². The van der Waals surface area contributed by atoms with Crippen molar-refractivity contribution in [3.8, 4) is 17.2 Å². The van der Waals surface area contributed by atoms with Crippen molar-refractivity contribution in [3.05, 3.63) is 89.5 Å². The molecule has 1 unspecified atom stereocenters. The van der Waals surface area contributed by atoms with Crippen LogP contribution in [0.2, 0.25) is 0 Å². The van der Waals surface area contributed by atoms with Crippen molar-refractivity contribution in [2.24, 2.45) is 0 Å². The first-order valence-electron chi connectivity index (χ1n) is 18.1. The summed E-state index contributed by atoms with van der Waals surface area (Å²) in [5.74, 6) is 1.40. The van der Waals surface area contributed by atoms with E-state index in [0.29, 0.717) is 35.8 Å². The third-order valence-corrected chi connectivity index (χ3v) is 10.1. The Morgan fingerprint density at radius 2 is 1.72 bits per heavy atom. The van der Waals surface area contributed by atoms with E-state index in [1.165, 1.54) is 23.2 Å². The fourth-order valence-corrected chi connectivity index (χ4v) is 7.24. The lowest BCUT2D eigenvalue weighted by Gasteiger charge is -2.32. The number of aromatic nitrogens is 5. The normalized spacial score (nSPS) is 17.6. The summed E-state index contributed by atoms with van der Waals surface area (Å²) in [6.45, 7) is 7.52. The second-order valence-corrected chi connectivity index (χ2v) is 16.3. The molecule has 2 atom stereocenters. The van der Waals surface area contributed by atoms with Gasteiger partial charge in [-0.25, -0.2) is 13.9 Å². The molecule has 7 rings (SSSR count). The molecule has 3 aromatic heterocycles. The largest absolute Gasteiger partial charge is 0.491 e. The van der Waals surface area contributed by atoms with Gasteiger partial charge in [0.2, 0.25) is 5.95 Å². The Bertz CT molecular complexity index is 2250. The Morgan fingerprint density at radius 3 is 2.48 bits per heavy atom. The lowest BCUT2D eigenvalue weighted by atomic mass is 9.85. The maximum Gasteiger partial charge on any atom is 0.320 e. The van der Waals surface area contributed by atoms with E-state index in [4.69, 9.17) is 18.8 Å². The minimum Gasteiger partial charge on any atom is -0.491 e. The van der Waals surface area contributed by atoms with Crippen LogP contribution in [0.5, 0.6) is 11.5 Å². The number of amides is 2. The number of piperidine rings is 1. The minimum atomic E-state index is -3.65. The molecule has 2 aliphatic rings. The summed E-state index contributed by atoms with van der Waals surface area (Å²) in [6, 6.07) is 16.8. The monoisotopic (exact) mass is 760 g/mol. The summed E-state index contributed by atoms with van der Waals surface area (Å²) in [4.78, 5) is 16.0. The molecule has 1 saturated heterocycles. The van der Waals surface area contributed by atoms with Gasteiger partial charge in [-0.15, -0.1) is 10.2 Å². The zero-order valence-electron chi connectivity index (χ0n) is 30.8. The number of urea groups is 1. The molecule has 1 aliphatic carbocycles. The quantitative estimate of drug-likeness (QED) is 0.113. The second-order valence-electron chi connectivity index (χ2n) is 14.7. The van der Waals surface area contributed by atoms with Crippen molar-refractivity contribution in [2.45, 2.75) is 70.4 Å². The number of pyridine rings is 1. The van der Waals surface area contributed by atoms with Crippen LogP contribution in [0.1, 0.15) is 81.8 Å². The molecular weight excluding hydrogens is 716 g/mol. The molecule has 16 heteroatoms. The summed E-state index contributed by atoms with van der Waals surface area (Å²) >= 11 is 0. The van der Waals surface area contributed by atoms with Gasteiger partial charge in [-0.3, -0.25) is 13.9 Å². The molecule has 0 radical (unpaired) electrons. The SMILES string of the molecule is CC(C)(C)c1cc(NC(=O)NC2CC[C@@H](Oc3ccc4nnc(N5CCCCC5)n4c3)c3ccccc32)n(-c2cc(F)cc(OCCOS(C)(=O)=O)c2)n1. The van der Waals surface area contributed by atoms with Gasteiger partial charge in [0.25, 0.3) is 10.1 Å². The average molecular weight is 761 g/mol. The number of hydrogen-bond donors (Lipinski definition) is 2. The highest BCUT2D eigenvalue weighted by molar-refractivity contribution is 7.85. The number of carbonyl (C=O) groups is 1. The smallest absolute Gasteiger partial charge is 0.320 e. The zero-order valence-corrected chi connectivity index (χ0v) is 31.6. The average Bonchev–Trinajstić information content (AvgIpc) is 3.76. The molecule has 2 amide bonds. The van der Waals surface area contributed by atoms with Crippen molar-refractivity contribution >= 4 is 33.6 Å². The van der Waals surface area contributed by atoms with Gasteiger partial charge in [0, 0.05) is 36.7 Å². The van der Waals surface area contributed by atoms with E-state index >= 15 is 0 Å². The standard InChI is InChI=1S/C38H45FN8O6S/c1-38(2,3)33-23-35(47(44-33)26-20-25(39)21-28(22-26)51-18-19-52-54(4,49)50)41-36(48)40-31-13-14-32(30-11-7-6-10-29(30)31)53-27-12-15-34-42-43-37(46(34)24-27)45-16-8-5-9-17-45/h6-7,10-12,15,20-24,31-32H,5,8-9,13-14,16-19H2,1-4H3,(H2,40,41,48)/t31?,32-/m1/s1. The van der Waals surface area contributed by atoms with Gasteiger partial charge in [0.05, 0.1) is 29.9 Å². The summed E-state index contributed by atoms with van der Waals surface area (Å²) in [5, 5.41) is 19.6. The molecule has 54 heavy (non-hydrogen) atoms. The number of nitrogens with zero attached hydrogens (tertiary/aromatic N) is 6. The third kappa shape index (κ3) is 8.60. The van der Waals surface area contributed by atoms with Crippen LogP contribution in [0, 0.1) is 5.82 Å². The lowest BCUT2D eigenvalue weighted by molar-refractivity contribution is 0.171. The number of carbonyl (C=O) groups excluding carboxylic acids is 1.